The van der Waals surface area contributed by atoms with Crippen molar-refractivity contribution in [1.29, 1.82) is 0 Å². The molecular formula is C15H23NO4S. The van der Waals surface area contributed by atoms with Crippen molar-refractivity contribution in [1.82, 2.24) is 4.72 Å². The van der Waals surface area contributed by atoms with E-state index in [4.69, 9.17) is 5.11 Å². The molecule has 1 unspecified atom stereocenters. The second-order valence-electron chi connectivity index (χ2n) is 5.55. The average molecular weight is 313 g/mol. The van der Waals surface area contributed by atoms with Crippen LogP contribution in [0.2, 0.25) is 0 Å². The van der Waals surface area contributed by atoms with Crippen molar-refractivity contribution in [3.8, 4) is 0 Å². The number of benzene rings is 1. The van der Waals surface area contributed by atoms with Crippen LogP contribution in [0.3, 0.4) is 0 Å². The predicted octanol–water partition coefficient (Wildman–Crippen LogP) is 2.52. The molecule has 1 aromatic carbocycles. The number of nitrogens with one attached hydrogen (secondary N) is 1. The van der Waals surface area contributed by atoms with Gasteiger partial charge in [0.25, 0.3) is 0 Å². The van der Waals surface area contributed by atoms with Gasteiger partial charge >= 0.3 is 5.97 Å². The molecule has 0 bridgehead atoms. The molecule has 1 aromatic rings. The Balaban J connectivity index is 3.04. The number of carboxylic acid groups (broad SMARTS) is 1. The van der Waals surface area contributed by atoms with E-state index < -0.39 is 16.0 Å². The van der Waals surface area contributed by atoms with Gasteiger partial charge in [0, 0.05) is 6.54 Å². The molecule has 1 rings (SSSR count). The number of carboxylic acids is 1. The van der Waals surface area contributed by atoms with Gasteiger partial charge in [0.15, 0.2) is 0 Å². The van der Waals surface area contributed by atoms with Crippen molar-refractivity contribution in [3.63, 3.8) is 0 Å². The molecular weight excluding hydrogens is 290 g/mol. The van der Waals surface area contributed by atoms with Gasteiger partial charge in [-0.05, 0) is 36.0 Å². The molecule has 0 fully saturated rings. The van der Waals surface area contributed by atoms with Gasteiger partial charge < -0.3 is 5.11 Å². The number of aryl methyl sites for hydroxylation is 1. The van der Waals surface area contributed by atoms with Crippen molar-refractivity contribution in [2.45, 2.75) is 39.0 Å². The molecule has 0 aliphatic rings. The highest BCUT2D eigenvalue weighted by molar-refractivity contribution is 7.89. The Kier molecular flexibility index (Phi) is 5.92. The Labute approximate surface area is 126 Å². The summed E-state index contributed by atoms with van der Waals surface area (Å²) in [5.74, 6) is -0.544. The summed E-state index contributed by atoms with van der Waals surface area (Å²) in [5, 5.41) is 9.16. The fourth-order valence-electron chi connectivity index (χ4n) is 1.79. The lowest BCUT2D eigenvalue weighted by atomic mass is 9.99. The largest absolute Gasteiger partial charge is 0.478 e. The van der Waals surface area contributed by atoms with Crippen molar-refractivity contribution in [2.75, 3.05) is 6.54 Å². The summed E-state index contributed by atoms with van der Waals surface area (Å²) in [4.78, 5) is 11.2. The van der Waals surface area contributed by atoms with E-state index in [-0.39, 0.29) is 16.4 Å². The topological polar surface area (TPSA) is 83.5 Å². The molecule has 0 aliphatic heterocycles. The molecule has 118 valence electrons. The monoisotopic (exact) mass is 313 g/mol. The highest BCUT2D eigenvalue weighted by Gasteiger charge is 2.19. The molecule has 5 nitrogen and oxygen atoms in total. The van der Waals surface area contributed by atoms with E-state index in [1.165, 1.54) is 12.1 Å². The number of sulfonamides is 1. The van der Waals surface area contributed by atoms with E-state index >= 15 is 0 Å². The van der Waals surface area contributed by atoms with Crippen LogP contribution in [0.1, 0.15) is 43.6 Å². The summed E-state index contributed by atoms with van der Waals surface area (Å²) in [6.07, 6.45) is 0.541. The molecule has 21 heavy (non-hydrogen) atoms. The number of hydrogen-bond donors (Lipinski definition) is 2. The van der Waals surface area contributed by atoms with Gasteiger partial charge in [0.05, 0.1) is 10.5 Å². The summed E-state index contributed by atoms with van der Waals surface area (Å²) in [5.41, 5.74) is 0.661. The molecule has 0 aliphatic carbocycles. The normalized spacial score (nSPS) is 13.4. The zero-order chi connectivity index (χ0) is 16.2. The van der Waals surface area contributed by atoms with E-state index in [0.29, 0.717) is 24.4 Å². The average Bonchev–Trinajstić information content (AvgIpc) is 2.43. The summed E-state index contributed by atoms with van der Waals surface area (Å²) < 4.78 is 27.0. The first-order valence-electron chi connectivity index (χ1n) is 7.05. The molecule has 0 radical (unpaired) electrons. The second kappa shape index (κ2) is 7.04. The van der Waals surface area contributed by atoms with E-state index in [1.807, 2.05) is 27.7 Å². The third kappa shape index (κ3) is 4.54. The van der Waals surface area contributed by atoms with Gasteiger partial charge in [-0.25, -0.2) is 17.9 Å². The lowest BCUT2D eigenvalue weighted by Crippen LogP contribution is -2.30. The molecule has 0 heterocycles. The number of hydrogen-bond acceptors (Lipinski definition) is 3. The first-order chi connectivity index (χ1) is 9.69. The van der Waals surface area contributed by atoms with Crippen molar-refractivity contribution < 1.29 is 18.3 Å². The molecule has 0 aromatic heterocycles. The molecule has 6 heteroatoms. The Bertz CT molecular complexity index is 608. The maximum atomic E-state index is 12.2. The summed E-state index contributed by atoms with van der Waals surface area (Å²) in [6, 6.07) is 4.24. The quantitative estimate of drug-likeness (QED) is 0.810. The van der Waals surface area contributed by atoms with Crippen molar-refractivity contribution >= 4 is 16.0 Å². The van der Waals surface area contributed by atoms with Gasteiger partial charge in [-0.2, -0.15) is 0 Å². The van der Waals surface area contributed by atoms with E-state index in [0.717, 1.165) is 0 Å². The zero-order valence-corrected chi connectivity index (χ0v) is 13.7. The fourth-order valence-corrected chi connectivity index (χ4v) is 2.96. The minimum Gasteiger partial charge on any atom is -0.478 e. The number of rotatable bonds is 7. The van der Waals surface area contributed by atoms with Crippen LogP contribution in [0.25, 0.3) is 0 Å². The summed E-state index contributed by atoms with van der Waals surface area (Å²) >= 11 is 0. The third-order valence-electron chi connectivity index (χ3n) is 3.74. The van der Waals surface area contributed by atoms with Crippen LogP contribution in [0.15, 0.2) is 23.1 Å². The van der Waals surface area contributed by atoms with E-state index in [9.17, 15) is 13.2 Å². The van der Waals surface area contributed by atoms with Crippen LogP contribution in [-0.4, -0.2) is 26.0 Å². The van der Waals surface area contributed by atoms with Crippen LogP contribution >= 0.6 is 0 Å². The van der Waals surface area contributed by atoms with E-state index in [2.05, 4.69) is 4.72 Å². The third-order valence-corrected chi connectivity index (χ3v) is 5.16. The maximum absolute atomic E-state index is 12.2. The van der Waals surface area contributed by atoms with Crippen molar-refractivity contribution in [2.24, 2.45) is 11.8 Å². The molecule has 2 N–H and O–H groups in total. The Morgan fingerprint density at radius 3 is 2.38 bits per heavy atom. The minimum absolute atomic E-state index is 0.00643. The maximum Gasteiger partial charge on any atom is 0.336 e. The van der Waals surface area contributed by atoms with Crippen LogP contribution in [0.4, 0.5) is 0 Å². The minimum atomic E-state index is -3.68. The highest BCUT2D eigenvalue weighted by atomic mass is 32.2. The van der Waals surface area contributed by atoms with Crippen LogP contribution in [0.5, 0.6) is 0 Å². The summed E-state index contributed by atoms with van der Waals surface area (Å²) in [6.45, 7) is 8.18. The molecule has 0 saturated carbocycles. The summed E-state index contributed by atoms with van der Waals surface area (Å²) in [7, 11) is -3.68. The predicted molar refractivity (Wildman–Crippen MR) is 82.0 cm³/mol. The van der Waals surface area contributed by atoms with Gasteiger partial charge in [-0.3, -0.25) is 0 Å². The lowest BCUT2D eigenvalue weighted by Gasteiger charge is -2.16. The molecule has 0 spiro atoms. The Hall–Kier alpha value is -1.40. The van der Waals surface area contributed by atoms with Gasteiger partial charge in [-0.15, -0.1) is 0 Å². The molecule has 0 saturated heterocycles. The molecule has 1 atom stereocenters. The van der Waals surface area contributed by atoms with Gasteiger partial charge in [-0.1, -0.05) is 33.8 Å². The smallest absolute Gasteiger partial charge is 0.336 e. The number of aromatic carboxylic acids is 1. The zero-order valence-electron chi connectivity index (χ0n) is 12.9. The standard InChI is InChI=1S/C15H23NO4S/c1-5-12-6-7-13(8-14(12)15(17)18)21(19,20)16-9-11(4)10(2)3/h6-8,10-11,16H,5,9H2,1-4H3,(H,17,18). The Morgan fingerprint density at radius 1 is 1.29 bits per heavy atom. The van der Waals surface area contributed by atoms with Crippen LogP contribution in [-0.2, 0) is 16.4 Å². The highest BCUT2D eigenvalue weighted by Crippen LogP contribution is 2.18. The van der Waals surface area contributed by atoms with Gasteiger partial charge in [0.2, 0.25) is 10.0 Å². The molecule has 0 amide bonds. The van der Waals surface area contributed by atoms with Crippen LogP contribution in [0, 0.1) is 11.8 Å². The second-order valence-corrected chi connectivity index (χ2v) is 7.32. The number of carbonyl (C=O) groups is 1. The SMILES string of the molecule is CCc1ccc(S(=O)(=O)NCC(C)C(C)C)cc1C(=O)O. The van der Waals surface area contributed by atoms with Gasteiger partial charge in [0.1, 0.15) is 0 Å². The lowest BCUT2D eigenvalue weighted by molar-refractivity contribution is 0.0695. The first kappa shape index (κ1) is 17.7. The van der Waals surface area contributed by atoms with Crippen molar-refractivity contribution in [3.05, 3.63) is 29.3 Å². The van der Waals surface area contributed by atoms with Crippen LogP contribution < -0.4 is 4.72 Å². The first-order valence-corrected chi connectivity index (χ1v) is 8.53. The van der Waals surface area contributed by atoms with E-state index in [1.54, 1.807) is 6.07 Å². The fraction of sp³-hybridized carbons (Fsp3) is 0.533. The Morgan fingerprint density at radius 2 is 1.90 bits per heavy atom.